The van der Waals surface area contributed by atoms with Gasteiger partial charge in [-0.25, -0.2) is 0 Å². The molecule has 0 atom stereocenters. The number of hydrogen-bond acceptors (Lipinski definition) is 2. The first-order chi connectivity index (χ1) is 17.2. The van der Waals surface area contributed by atoms with Crippen LogP contribution in [0.4, 0.5) is 0 Å². The number of nitrogens with zero attached hydrogens (tertiary/aromatic N) is 1. The van der Waals surface area contributed by atoms with Gasteiger partial charge in [-0.15, -0.1) is 0 Å². The quantitative estimate of drug-likeness (QED) is 0.267. The minimum absolute atomic E-state index is 0.842. The highest BCUT2D eigenvalue weighted by molar-refractivity contribution is 5.86. The average molecular weight is 452 g/mol. The Morgan fingerprint density at radius 2 is 1.20 bits per heavy atom. The lowest BCUT2D eigenvalue weighted by Crippen LogP contribution is -1.87. The molecule has 0 aliphatic heterocycles. The predicted octanol–water partition coefficient (Wildman–Crippen LogP) is 9.11. The van der Waals surface area contributed by atoms with Gasteiger partial charge in [-0.1, -0.05) is 91.0 Å². The number of furan rings is 1. The van der Waals surface area contributed by atoms with Gasteiger partial charge in [0.05, 0.1) is 5.69 Å². The third-order valence-corrected chi connectivity index (χ3v) is 6.61. The highest BCUT2D eigenvalue weighted by Gasteiger charge is 2.11. The van der Waals surface area contributed by atoms with Crippen LogP contribution in [0.2, 0.25) is 0 Å². The molecule has 0 saturated carbocycles. The van der Waals surface area contributed by atoms with Gasteiger partial charge >= 0.3 is 0 Å². The summed E-state index contributed by atoms with van der Waals surface area (Å²) in [5.41, 5.74) is 11.4. The lowest BCUT2D eigenvalue weighted by Gasteiger charge is -2.10. The van der Waals surface area contributed by atoms with Crippen LogP contribution in [0.1, 0.15) is 11.1 Å². The van der Waals surface area contributed by atoms with Crippen LogP contribution in [0.15, 0.2) is 120 Å². The topological polar surface area (TPSA) is 26.0 Å². The molecule has 0 amide bonds. The Hall–Kier alpha value is -4.43. The summed E-state index contributed by atoms with van der Waals surface area (Å²) in [6.45, 7) is 4.32. The van der Waals surface area contributed by atoms with Crippen molar-refractivity contribution in [3.05, 3.63) is 127 Å². The van der Waals surface area contributed by atoms with E-state index < -0.39 is 0 Å². The van der Waals surface area contributed by atoms with Gasteiger partial charge < -0.3 is 4.42 Å². The molecule has 0 aliphatic rings. The van der Waals surface area contributed by atoms with Crippen LogP contribution in [0.5, 0.6) is 0 Å². The van der Waals surface area contributed by atoms with E-state index >= 15 is 0 Å². The zero-order valence-corrected chi connectivity index (χ0v) is 19.8. The van der Waals surface area contributed by atoms with E-state index in [9.17, 15) is 0 Å². The van der Waals surface area contributed by atoms with Crippen molar-refractivity contribution in [1.29, 1.82) is 0 Å². The Bertz CT molecular complexity index is 1620. The summed E-state index contributed by atoms with van der Waals surface area (Å²) in [5.74, 6) is 0.852. The Morgan fingerprint density at radius 3 is 1.97 bits per heavy atom. The maximum Gasteiger partial charge on any atom is 0.138 e. The van der Waals surface area contributed by atoms with E-state index in [-0.39, 0.29) is 0 Å². The Balaban J connectivity index is 1.33. The van der Waals surface area contributed by atoms with Crippen LogP contribution in [-0.4, -0.2) is 4.98 Å². The second-order valence-electron chi connectivity index (χ2n) is 9.01. The van der Waals surface area contributed by atoms with Crippen molar-refractivity contribution in [3.63, 3.8) is 0 Å². The number of hydrogen-bond donors (Lipinski definition) is 0. The summed E-state index contributed by atoms with van der Waals surface area (Å²) < 4.78 is 6.28. The molecule has 0 aliphatic carbocycles. The van der Waals surface area contributed by atoms with Gasteiger partial charge in [-0.3, -0.25) is 4.98 Å². The minimum Gasteiger partial charge on any atom is -0.456 e. The van der Waals surface area contributed by atoms with Gasteiger partial charge in [-0.2, -0.15) is 0 Å². The average Bonchev–Trinajstić information content (AvgIpc) is 3.33. The van der Waals surface area contributed by atoms with Crippen molar-refractivity contribution in [3.8, 4) is 44.8 Å². The van der Waals surface area contributed by atoms with Crippen LogP contribution in [0.25, 0.3) is 55.8 Å². The number of fused-ring (bicyclic) bond motifs is 1. The molecule has 2 heteroatoms. The van der Waals surface area contributed by atoms with E-state index in [1.54, 1.807) is 0 Å². The summed E-state index contributed by atoms with van der Waals surface area (Å²) in [7, 11) is 0. The summed E-state index contributed by atoms with van der Waals surface area (Å²) in [4.78, 5) is 4.73. The maximum absolute atomic E-state index is 6.28. The Morgan fingerprint density at radius 1 is 0.543 bits per heavy atom. The summed E-state index contributed by atoms with van der Waals surface area (Å²) in [5, 5.41) is 1.00. The van der Waals surface area contributed by atoms with E-state index in [4.69, 9.17) is 9.40 Å². The van der Waals surface area contributed by atoms with Crippen LogP contribution >= 0.6 is 0 Å². The van der Waals surface area contributed by atoms with Crippen LogP contribution in [0, 0.1) is 13.8 Å². The molecule has 4 aromatic carbocycles. The molecular formula is C33H25NO. The number of aromatic nitrogens is 1. The molecule has 0 bridgehead atoms. The van der Waals surface area contributed by atoms with Gasteiger partial charge in [0.2, 0.25) is 0 Å². The minimum atomic E-state index is 0.842. The molecule has 0 saturated heterocycles. The van der Waals surface area contributed by atoms with E-state index in [1.807, 2.05) is 18.3 Å². The van der Waals surface area contributed by atoms with Crippen molar-refractivity contribution in [2.45, 2.75) is 13.8 Å². The monoisotopic (exact) mass is 451 g/mol. The molecule has 2 nitrogen and oxygen atoms in total. The first-order valence-corrected chi connectivity index (χ1v) is 11.9. The predicted molar refractivity (Wildman–Crippen MR) is 145 cm³/mol. The standard InChI is InChI=1S/C33H25NO/c1-22-8-6-9-23(2)33(22)26-16-14-25(15-17-26)31-19-29-21-34-30(20-32(29)35-31)28-13-7-12-27(18-28)24-10-4-3-5-11-24/h3-21H,1-2H3. The molecule has 0 radical (unpaired) electrons. The first-order valence-electron chi connectivity index (χ1n) is 11.9. The summed E-state index contributed by atoms with van der Waals surface area (Å²) in [6.07, 6.45) is 1.90. The molecule has 6 aromatic rings. The highest BCUT2D eigenvalue weighted by Crippen LogP contribution is 2.33. The van der Waals surface area contributed by atoms with Gasteiger partial charge in [0.15, 0.2) is 0 Å². The Labute approximate surface area is 205 Å². The van der Waals surface area contributed by atoms with Crippen molar-refractivity contribution in [2.24, 2.45) is 0 Å². The molecule has 2 heterocycles. The summed E-state index contributed by atoms with van der Waals surface area (Å²) >= 11 is 0. The zero-order chi connectivity index (χ0) is 23.8. The molecular weight excluding hydrogens is 426 g/mol. The number of rotatable bonds is 4. The second-order valence-corrected chi connectivity index (χ2v) is 9.01. The van der Waals surface area contributed by atoms with Gasteiger partial charge in [0.25, 0.3) is 0 Å². The zero-order valence-electron chi connectivity index (χ0n) is 19.8. The lowest BCUT2D eigenvalue weighted by molar-refractivity contribution is 0.631. The lowest BCUT2D eigenvalue weighted by atomic mass is 9.95. The van der Waals surface area contributed by atoms with E-state index in [1.165, 1.54) is 33.4 Å². The smallest absolute Gasteiger partial charge is 0.138 e. The fourth-order valence-electron chi connectivity index (χ4n) is 4.79. The third kappa shape index (κ3) is 4.04. The van der Waals surface area contributed by atoms with Crippen molar-refractivity contribution in [1.82, 2.24) is 4.98 Å². The maximum atomic E-state index is 6.28. The molecule has 6 rings (SSSR count). The van der Waals surface area contributed by atoms with Crippen LogP contribution in [0.3, 0.4) is 0 Å². The van der Waals surface area contributed by atoms with Crippen molar-refractivity contribution >= 4 is 11.0 Å². The fraction of sp³-hybridized carbons (Fsp3) is 0.0606. The first kappa shape index (κ1) is 21.1. The van der Waals surface area contributed by atoms with E-state index in [0.29, 0.717) is 0 Å². The van der Waals surface area contributed by atoms with Crippen LogP contribution < -0.4 is 0 Å². The van der Waals surface area contributed by atoms with Gasteiger partial charge in [-0.05, 0) is 59.4 Å². The highest BCUT2D eigenvalue weighted by atomic mass is 16.3. The molecule has 0 spiro atoms. The second kappa shape index (κ2) is 8.73. The molecule has 168 valence electrons. The fourth-order valence-corrected chi connectivity index (χ4v) is 4.79. The van der Waals surface area contributed by atoms with E-state index in [0.717, 1.165) is 33.6 Å². The van der Waals surface area contributed by atoms with Crippen molar-refractivity contribution in [2.75, 3.05) is 0 Å². The molecule has 35 heavy (non-hydrogen) atoms. The molecule has 2 aromatic heterocycles. The largest absolute Gasteiger partial charge is 0.456 e. The van der Waals surface area contributed by atoms with Crippen LogP contribution in [-0.2, 0) is 0 Å². The third-order valence-electron chi connectivity index (χ3n) is 6.61. The normalized spacial score (nSPS) is 11.1. The van der Waals surface area contributed by atoms with Gasteiger partial charge in [0, 0.05) is 28.8 Å². The van der Waals surface area contributed by atoms with Crippen molar-refractivity contribution < 1.29 is 4.42 Å². The van der Waals surface area contributed by atoms with E-state index in [2.05, 4.69) is 111 Å². The van der Waals surface area contributed by atoms with Gasteiger partial charge in [0.1, 0.15) is 11.3 Å². The SMILES string of the molecule is Cc1cccc(C)c1-c1ccc(-c2cc3cnc(-c4cccc(-c5ccccc5)c4)cc3o2)cc1. The number of benzene rings is 4. The number of pyridine rings is 1. The summed E-state index contributed by atoms with van der Waals surface area (Å²) in [6, 6.07) is 38.1. The molecule has 0 N–H and O–H groups in total. The number of aryl methyl sites for hydroxylation is 2. The molecule has 0 unspecified atom stereocenters. The molecule has 0 fully saturated rings. The Kier molecular flexibility index (Phi) is 5.27.